The second kappa shape index (κ2) is 9.44. The predicted molar refractivity (Wildman–Crippen MR) is 113 cm³/mol. The first-order valence-corrected chi connectivity index (χ1v) is 10.7. The van der Waals surface area contributed by atoms with Gasteiger partial charge in [0.2, 0.25) is 15.9 Å². The molecule has 2 rings (SSSR count). The molecule has 0 aromatic heterocycles. The Morgan fingerprint density at radius 2 is 1.90 bits per heavy atom. The zero-order valence-corrected chi connectivity index (χ0v) is 17.8. The van der Waals surface area contributed by atoms with Crippen LogP contribution in [0.25, 0.3) is 0 Å². The van der Waals surface area contributed by atoms with Crippen molar-refractivity contribution in [3.05, 3.63) is 52.6 Å². The van der Waals surface area contributed by atoms with Gasteiger partial charge in [-0.1, -0.05) is 13.0 Å². The molecule has 1 unspecified atom stereocenters. The number of non-ortho nitro benzene ring substituents is 1. The van der Waals surface area contributed by atoms with Crippen LogP contribution in [-0.2, 0) is 14.8 Å². The van der Waals surface area contributed by atoms with Crippen LogP contribution in [0.3, 0.4) is 0 Å². The van der Waals surface area contributed by atoms with Crippen LogP contribution in [0.2, 0.25) is 0 Å². The van der Waals surface area contributed by atoms with E-state index in [4.69, 9.17) is 9.47 Å². The lowest BCUT2D eigenvalue weighted by Gasteiger charge is -2.30. The van der Waals surface area contributed by atoms with Crippen molar-refractivity contribution in [2.75, 3.05) is 30.1 Å². The zero-order valence-electron chi connectivity index (χ0n) is 17.0. The summed E-state index contributed by atoms with van der Waals surface area (Å²) in [7, 11) is -1.02. The van der Waals surface area contributed by atoms with Gasteiger partial charge in [0, 0.05) is 18.2 Å². The van der Waals surface area contributed by atoms with E-state index in [1.165, 1.54) is 32.4 Å². The van der Waals surface area contributed by atoms with Gasteiger partial charge in [0.05, 0.1) is 36.8 Å². The standard InChI is InChI=1S/C19H23N3O7S/c1-5-17(19(23)20-16-10-9-15(28-2)12-18(16)29-3)21(30(4,26)27)13-7-6-8-14(11-13)22(24)25/h6-12,17H,5H2,1-4H3,(H,20,23). The average molecular weight is 437 g/mol. The van der Waals surface area contributed by atoms with E-state index in [9.17, 15) is 23.3 Å². The summed E-state index contributed by atoms with van der Waals surface area (Å²) in [5.41, 5.74) is 0.0675. The molecule has 2 aromatic rings. The molecule has 0 aliphatic rings. The molecule has 0 saturated heterocycles. The molecule has 0 spiro atoms. The van der Waals surface area contributed by atoms with Crippen LogP contribution in [0.4, 0.5) is 17.1 Å². The van der Waals surface area contributed by atoms with Crippen molar-refractivity contribution in [3.63, 3.8) is 0 Å². The molecule has 30 heavy (non-hydrogen) atoms. The van der Waals surface area contributed by atoms with Crippen LogP contribution < -0.4 is 19.1 Å². The van der Waals surface area contributed by atoms with Crippen LogP contribution in [0, 0.1) is 10.1 Å². The van der Waals surface area contributed by atoms with E-state index in [0.29, 0.717) is 17.2 Å². The number of nitrogens with one attached hydrogen (secondary N) is 1. The molecular weight excluding hydrogens is 414 g/mol. The Kier molecular flexibility index (Phi) is 7.22. The number of carbonyl (C=O) groups excluding carboxylic acids is 1. The summed E-state index contributed by atoms with van der Waals surface area (Å²) < 4.78 is 36.3. The highest BCUT2D eigenvalue weighted by Crippen LogP contribution is 2.31. The molecule has 10 nitrogen and oxygen atoms in total. The molecule has 0 radical (unpaired) electrons. The van der Waals surface area contributed by atoms with Crippen LogP contribution >= 0.6 is 0 Å². The van der Waals surface area contributed by atoms with Gasteiger partial charge in [0.1, 0.15) is 17.5 Å². The number of nitro groups is 1. The predicted octanol–water partition coefficient (Wildman–Crippen LogP) is 2.80. The third-order valence-corrected chi connectivity index (χ3v) is 5.47. The molecule has 0 heterocycles. The summed E-state index contributed by atoms with van der Waals surface area (Å²) in [6.07, 6.45) is 1.07. The molecule has 0 aliphatic heterocycles. The minimum absolute atomic E-state index is 0.0235. The summed E-state index contributed by atoms with van der Waals surface area (Å²) in [6.45, 7) is 1.64. The van der Waals surface area contributed by atoms with Gasteiger partial charge in [-0.2, -0.15) is 0 Å². The Morgan fingerprint density at radius 3 is 2.43 bits per heavy atom. The Labute approximate surface area is 174 Å². The molecule has 1 amide bonds. The van der Waals surface area contributed by atoms with E-state index >= 15 is 0 Å². The number of anilines is 2. The van der Waals surface area contributed by atoms with Gasteiger partial charge in [-0.3, -0.25) is 19.2 Å². The Morgan fingerprint density at radius 1 is 1.20 bits per heavy atom. The first-order valence-electron chi connectivity index (χ1n) is 8.89. The first kappa shape index (κ1) is 22.9. The fourth-order valence-electron chi connectivity index (χ4n) is 2.92. The van der Waals surface area contributed by atoms with E-state index in [-0.39, 0.29) is 17.8 Å². The Bertz CT molecular complexity index is 1040. The fraction of sp³-hybridized carbons (Fsp3) is 0.316. The number of carbonyl (C=O) groups is 1. The smallest absolute Gasteiger partial charge is 0.271 e. The van der Waals surface area contributed by atoms with E-state index in [0.717, 1.165) is 16.6 Å². The number of rotatable bonds is 9. The monoisotopic (exact) mass is 437 g/mol. The zero-order chi connectivity index (χ0) is 22.5. The minimum atomic E-state index is -3.94. The molecule has 0 aliphatic carbocycles. The fourth-order valence-corrected chi connectivity index (χ4v) is 4.13. The summed E-state index contributed by atoms with van der Waals surface area (Å²) >= 11 is 0. The molecular formula is C19H23N3O7S. The van der Waals surface area contributed by atoms with Gasteiger partial charge in [-0.25, -0.2) is 8.42 Å². The second-order valence-electron chi connectivity index (χ2n) is 6.32. The lowest BCUT2D eigenvalue weighted by Crippen LogP contribution is -2.47. The number of sulfonamides is 1. The Balaban J connectivity index is 2.44. The maximum atomic E-state index is 13.0. The van der Waals surface area contributed by atoms with E-state index < -0.39 is 26.9 Å². The van der Waals surface area contributed by atoms with E-state index in [1.807, 2.05) is 0 Å². The van der Waals surface area contributed by atoms with Crippen LogP contribution in [0.15, 0.2) is 42.5 Å². The number of benzene rings is 2. The van der Waals surface area contributed by atoms with Gasteiger partial charge in [0.25, 0.3) is 5.69 Å². The number of hydrogen-bond acceptors (Lipinski definition) is 7. The van der Waals surface area contributed by atoms with Crippen LogP contribution in [-0.4, -0.2) is 45.8 Å². The minimum Gasteiger partial charge on any atom is -0.497 e. The van der Waals surface area contributed by atoms with Crippen molar-refractivity contribution in [2.45, 2.75) is 19.4 Å². The van der Waals surface area contributed by atoms with Gasteiger partial charge in [-0.05, 0) is 24.6 Å². The van der Waals surface area contributed by atoms with Gasteiger partial charge in [-0.15, -0.1) is 0 Å². The molecule has 0 saturated carbocycles. The normalized spacial score (nSPS) is 12.0. The average Bonchev–Trinajstić information content (AvgIpc) is 2.71. The number of nitrogens with zero attached hydrogens (tertiary/aromatic N) is 2. The third-order valence-electron chi connectivity index (χ3n) is 4.29. The molecule has 2 aromatic carbocycles. The van der Waals surface area contributed by atoms with Gasteiger partial charge >= 0.3 is 0 Å². The van der Waals surface area contributed by atoms with Gasteiger partial charge in [0.15, 0.2) is 0 Å². The SMILES string of the molecule is CCC(C(=O)Nc1ccc(OC)cc1OC)N(c1cccc([N+](=O)[O-])c1)S(C)(=O)=O. The first-order chi connectivity index (χ1) is 14.1. The number of ether oxygens (including phenoxy) is 2. The summed E-state index contributed by atoms with van der Waals surface area (Å²) in [4.78, 5) is 23.5. The largest absolute Gasteiger partial charge is 0.497 e. The van der Waals surface area contributed by atoms with Crippen LogP contribution in [0.1, 0.15) is 13.3 Å². The highest BCUT2D eigenvalue weighted by molar-refractivity contribution is 7.92. The molecule has 11 heteroatoms. The third kappa shape index (κ3) is 5.17. The number of hydrogen-bond donors (Lipinski definition) is 1. The van der Waals surface area contributed by atoms with Crippen molar-refractivity contribution in [2.24, 2.45) is 0 Å². The molecule has 162 valence electrons. The highest BCUT2D eigenvalue weighted by atomic mass is 32.2. The quantitative estimate of drug-likeness (QED) is 0.472. The number of amides is 1. The second-order valence-corrected chi connectivity index (χ2v) is 8.17. The van der Waals surface area contributed by atoms with Crippen molar-refractivity contribution < 1.29 is 27.6 Å². The maximum absolute atomic E-state index is 13.0. The lowest BCUT2D eigenvalue weighted by atomic mass is 10.1. The summed E-state index contributed by atoms with van der Waals surface area (Å²) in [5, 5.41) is 13.8. The van der Waals surface area contributed by atoms with Crippen molar-refractivity contribution in [1.29, 1.82) is 0 Å². The van der Waals surface area contributed by atoms with E-state index in [1.54, 1.807) is 25.1 Å². The number of nitro benzene ring substituents is 1. The van der Waals surface area contributed by atoms with Crippen molar-refractivity contribution in [1.82, 2.24) is 0 Å². The molecule has 1 atom stereocenters. The maximum Gasteiger partial charge on any atom is 0.271 e. The Hall–Kier alpha value is -3.34. The molecule has 1 N–H and O–H groups in total. The van der Waals surface area contributed by atoms with E-state index in [2.05, 4.69) is 5.32 Å². The van der Waals surface area contributed by atoms with Crippen LogP contribution in [0.5, 0.6) is 11.5 Å². The topological polar surface area (TPSA) is 128 Å². The van der Waals surface area contributed by atoms with Crippen molar-refractivity contribution in [3.8, 4) is 11.5 Å². The number of methoxy groups -OCH3 is 2. The van der Waals surface area contributed by atoms with Crippen molar-refractivity contribution >= 4 is 33.0 Å². The highest BCUT2D eigenvalue weighted by Gasteiger charge is 2.32. The summed E-state index contributed by atoms with van der Waals surface area (Å²) in [6, 6.07) is 8.74. The molecule has 0 bridgehead atoms. The lowest BCUT2D eigenvalue weighted by molar-refractivity contribution is -0.384. The van der Waals surface area contributed by atoms with Gasteiger partial charge < -0.3 is 14.8 Å². The molecule has 0 fully saturated rings. The summed E-state index contributed by atoms with van der Waals surface area (Å²) in [5.74, 6) is 0.239.